The van der Waals surface area contributed by atoms with Crippen molar-refractivity contribution in [1.82, 2.24) is 5.32 Å². The molecule has 2 fully saturated rings. The van der Waals surface area contributed by atoms with E-state index >= 15 is 0 Å². The Morgan fingerprint density at radius 3 is 2.55 bits per heavy atom. The van der Waals surface area contributed by atoms with Crippen LogP contribution in [-0.4, -0.2) is 36.2 Å². The average Bonchev–Trinajstić information content (AvgIpc) is 2.98. The first-order valence-corrected chi connectivity index (χ1v) is 7.47. The van der Waals surface area contributed by atoms with Crippen LogP contribution in [0.4, 0.5) is 0 Å². The summed E-state index contributed by atoms with van der Waals surface area (Å²) in [4.78, 5) is 12.6. The highest BCUT2D eigenvalue weighted by molar-refractivity contribution is 6.07. The number of carbonyl (C=O) groups excluding carboxylic acids is 1. The molecule has 2 rings (SSSR count). The van der Waals surface area contributed by atoms with Crippen molar-refractivity contribution in [1.29, 1.82) is 0 Å². The van der Waals surface area contributed by atoms with Gasteiger partial charge in [-0.15, -0.1) is 0 Å². The second-order valence-corrected chi connectivity index (χ2v) is 5.99. The van der Waals surface area contributed by atoms with E-state index in [4.69, 9.17) is 15.7 Å². The molecule has 6 heteroatoms. The van der Waals surface area contributed by atoms with Crippen molar-refractivity contribution in [3.05, 3.63) is 0 Å². The molecule has 4 N–H and O–H groups in total. The fraction of sp³-hybridized carbons (Fsp3) is 0.857. The maximum Gasteiger partial charge on any atom is 0.234 e. The van der Waals surface area contributed by atoms with Crippen LogP contribution in [0.2, 0.25) is 0 Å². The number of hydrogen-bond donors (Lipinski definition) is 3. The fourth-order valence-corrected chi connectivity index (χ4v) is 3.35. The number of hydrogen-bond acceptors (Lipinski definition) is 4. The summed E-state index contributed by atoms with van der Waals surface area (Å²) in [7, 11) is 0. The highest BCUT2D eigenvalue weighted by atomic mass is 16.5. The molecule has 1 saturated heterocycles. The predicted octanol–water partition coefficient (Wildman–Crippen LogP) is 1.22. The zero-order valence-electron chi connectivity index (χ0n) is 12.1. The summed E-state index contributed by atoms with van der Waals surface area (Å²) < 4.78 is 5.35. The molecule has 1 aliphatic heterocycles. The number of nitrogens with zero attached hydrogens (tertiary/aromatic N) is 1. The second kappa shape index (κ2) is 6.43. The number of amides is 1. The summed E-state index contributed by atoms with van der Waals surface area (Å²) >= 11 is 0. The van der Waals surface area contributed by atoms with E-state index in [2.05, 4.69) is 10.5 Å². The molecule has 114 valence electrons. The molecule has 0 aromatic rings. The summed E-state index contributed by atoms with van der Waals surface area (Å²) in [6.45, 7) is 3.55. The largest absolute Gasteiger partial charge is 0.409 e. The lowest BCUT2D eigenvalue weighted by molar-refractivity contribution is -0.128. The van der Waals surface area contributed by atoms with Crippen molar-refractivity contribution >= 4 is 11.7 Å². The number of amidine groups is 1. The van der Waals surface area contributed by atoms with Gasteiger partial charge in [0, 0.05) is 19.3 Å². The van der Waals surface area contributed by atoms with Gasteiger partial charge in [0.25, 0.3) is 0 Å². The van der Waals surface area contributed by atoms with Gasteiger partial charge in [-0.3, -0.25) is 4.79 Å². The van der Waals surface area contributed by atoms with Crippen LogP contribution in [0, 0.1) is 11.3 Å². The van der Waals surface area contributed by atoms with E-state index in [0.717, 1.165) is 38.9 Å². The number of carbonyl (C=O) groups is 1. The monoisotopic (exact) mass is 283 g/mol. The third kappa shape index (κ3) is 2.90. The first-order chi connectivity index (χ1) is 9.60. The molecule has 2 aliphatic rings. The highest BCUT2D eigenvalue weighted by Crippen LogP contribution is 2.39. The Kier molecular flexibility index (Phi) is 4.86. The Balaban J connectivity index is 2.01. The maximum absolute atomic E-state index is 12.6. The van der Waals surface area contributed by atoms with Gasteiger partial charge < -0.3 is 21.0 Å². The Morgan fingerprint density at radius 1 is 1.40 bits per heavy atom. The van der Waals surface area contributed by atoms with Crippen molar-refractivity contribution < 1.29 is 14.7 Å². The lowest BCUT2D eigenvalue weighted by Gasteiger charge is -2.32. The number of ether oxygens (including phenoxy) is 1. The summed E-state index contributed by atoms with van der Waals surface area (Å²) in [6, 6.07) is 0.0929. The van der Waals surface area contributed by atoms with Crippen molar-refractivity contribution in [3.63, 3.8) is 0 Å². The summed E-state index contributed by atoms with van der Waals surface area (Å²) in [6.07, 6.45) is 5.14. The Bertz CT molecular complexity index is 372. The summed E-state index contributed by atoms with van der Waals surface area (Å²) in [5.74, 6) is 0.398. The molecule has 0 aromatic heterocycles. The van der Waals surface area contributed by atoms with E-state index in [1.807, 2.05) is 6.92 Å². The van der Waals surface area contributed by atoms with Gasteiger partial charge in [0.15, 0.2) is 5.84 Å². The third-order valence-corrected chi connectivity index (χ3v) is 4.82. The summed E-state index contributed by atoms with van der Waals surface area (Å²) in [5, 5.41) is 15.1. The molecule has 20 heavy (non-hydrogen) atoms. The fourth-order valence-electron chi connectivity index (χ4n) is 3.35. The zero-order valence-corrected chi connectivity index (χ0v) is 12.1. The highest BCUT2D eigenvalue weighted by Gasteiger charge is 2.46. The van der Waals surface area contributed by atoms with Gasteiger partial charge in [-0.05, 0) is 38.5 Å². The van der Waals surface area contributed by atoms with Crippen LogP contribution in [0.3, 0.4) is 0 Å². The molecule has 0 aromatic carbocycles. The first-order valence-electron chi connectivity index (χ1n) is 7.47. The zero-order chi connectivity index (χ0) is 14.6. The van der Waals surface area contributed by atoms with Crippen LogP contribution in [0.25, 0.3) is 0 Å². The van der Waals surface area contributed by atoms with Crippen LogP contribution in [0.15, 0.2) is 5.16 Å². The minimum atomic E-state index is -0.811. The molecule has 1 atom stereocenters. The van der Waals surface area contributed by atoms with E-state index in [1.54, 1.807) is 0 Å². The lowest BCUT2D eigenvalue weighted by atomic mass is 9.82. The number of rotatable bonds is 4. The SMILES string of the molecule is CC(NC(=O)C1(C(N)=NO)CCCC1)C1CCOCC1. The summed E-state index contributed by atoms with van der Waals surface area (Å²) in [5.41, 5.74) is 4.98. The van der Waals surface area contributed by atoms with E-state index in [-0.39, 0.29) is 17.8 Å². The number of nitrogens with two attached hydrogens (primary N) is 1. The maximum atomic E-state index is 12.6. The molecule has 1 amide bonds. The quantitative estimate of drug-likeness (QED) is 0.313. The third-order valence-electron chi connectivity index (χ3n) is 4.82. The van der Waals surface area contributed by atoms with Crippen molar-refractivity contribution in [2.24, 2.45) is 22.2 Å². The average molecular weight is 283 g/mol. The van der Waals surface area contributed by atoms with Gasteiger partial charge in [0.2, 0.25) is 5.91 Å². The van der Waals surface area contributed by atoms with Crippen molar-refractivity contribution in [3.8, 4) is 0 Å². The van der Waals surface area contributed by atoms with E-state index in [1.165, 1.54) is 0 Å². The minimum absolute atomic E-state index is 0.0478. The Labute approximate surface area is 119 Å². The second-order valence-electron chi connectivity index (χ2n) is 5.99. The van der Waals surface area contributed by atoms with Crippen LogP contribution in [0.5, 0.6) is 0 Å². The predicted molar refractivity (Wildman–Crippen MR) is 75.5 cm³/mol. The van der Waals surface area contributed by atoms with Gasteiger partial charge in [-0.25, -0.2) is 0 Å². The van der Waals surface area contributed by atoms with Gasteiger partial charge >= 0.3 is 0 Å². The molecule has 6 nitrogen and oxygen atoms in total. The van der Waals surface area contributed by atoms with Crippen LogP contribution in [-0.2, 0) is 9.53 Å². The molecule has 1 unspecified atom stereocenters. The molecule has 0 bridgehead atoms. The topological polar surface area (TPSA) is 96.9 Å². The van der Waals surface area contributed by atoms with Gasteiger partial charge in [0.05, 0.1) is 0 Å². The molecule has 0 radical (unpaired) electrons. The molecule has 1 heterocycles. The first kappa shape index (κ1) is 15.1. The van der Waals surface area contributed by atoms with E-state index in [0.29, 0.717) is 18.8 Å². The van der Waals surface area contributed by atoms with Gasteiger partial charge in [0.1, 0.15) is 5.41 Å². The number of nitrogens with one attached hydrogen (secondary N) is 1. The Hall–Kier alpha value is -1.30. The Morgan fingerprint density at radius 2 is 2.00 bits per heavy atom. The minimum Gasteiger partial charge on any atom is -0.409 e. The molecular weight excluding hydrogens is 258 g/mol. The van der Waals surface area contributed by atoms with E-state index < -0.39 is 5.41 Å². The molecule has 1 saturated carbocycles. The normalized spacial score (nSPS) is 25.4. The van der Waals surface area contributed by atoms with Crippen LogP contribution in [0.1, 0.15) is 45.4 Å². The molecule has 1 aliphatic carbocycles. The van der Waals surface area contributed by atoms with E-state index in [9.17, 15) is 4.79 Å². The molecular formula is C14H25N3O3. The molecule has 0 spiro atoms. The van der Waals surface area contributed by atoms with Gasteiger partial charge in [-0.1, -0.05) is 18.0 Å². The van der Waals surface area contributed by atoms with Crippen molar-refractivity contribution in [2.45, 2.75) is 51.5 Å². The smallest absolute Gasteiger partial charge is 0.234 e. The van der Waals surface area contributed by atoms with Crippen LogP contribution < -0.4 is 11.1 Å². The van der Waals surface area contributed by atoms with Gasteiger partial charge in [-0.2, -0.15) is 0 Å². The lowest BCUT2D eigenvalue weighted by Crippen LogP contribution is -2.52. The van der Waals surface area contributed by atoms with Crippen LogP contribution >= 0.6 is 0 Å². The number of oxime groups is 1. The standard InChI is InChI=1S/C14H25N3O3/c1-10(11-4-8-20-9-5-11)16-13(18)14(12(15)17-19)6-2-3-7-14/h10-11,19H,2-9H2,1H3,(H2,15,17)(H,16,18). The van der Waals surface area contributed by atoms with Crippen molar-refractivity contribution in [2.75, 3.05) is 13.2 Å².